The molecule has 1 aromatic carbocycles. The Labute approximate surface area is 103 Å². The van der Waals surface area contributed by atoms with E-state index in [0.29, 0.717) is 13.2 Å². The van der Waals surface area contributed by atoms with Crippen LogP contribution in [0.1, 0.15) is 37.4 Å². The van der Waals surface area contributed by atoms with Crippen LogP contribution in [0.3, 0.4) is 0 Å². The highest BCUT2D eigenvalue weighted by molar-refractivity contribution is 5.40. The molecule has 0 aromatic heterocycles. The van der Waals surface area contributed by atoms with Gasteiger partial charge in [-0.05, 0) is 49.9 Å². The lowest BCUT2D eigenvalue weighted by Gasteiger charge is -2.11. The maximum Gasteiger partial charge on any atom is 0.119 e. The molecule has 0 amide bonds. The van der Waals surface area contributed by atoms with Crippen LogP contribution < -0.4 is 10.5 Å². The number of hydrogen-bond acceptors (Lipinski definition) is 3. The van der Waals surface area contributed by atoms with Gasteiger partial charge in [-0.1, -0.05) is 6.07 Å². The molecule has 1 unspecified atom stereocenters. The minimum atomic E-state index is 0.211. The molecule has 0 heterocycles. The smallest absolute Gasteiger partial charge is 0.119 e. The molecule has 0 aliphatic heterocycles. The first-order valence-corrected chi connectivity index (χ1v) is 6.29. The molecule has 94 valence electrons. The summed E-state index contributed by atoms with van der Waals surface area (Å²) < 4.78 is 11.1. The van der Waals surface area contributed by atoms with Gasteiger partial charge in [0.15, 0.2) is 0 Å². The molecule has 2 rings (SSSR count). The van der Waals surface area contributed by atoms with Crippen LogP contribution in [0.4, 0.5) is 0 Å². The van der Waals surface area contributed by atoms with Gasteiger partial charge in [0, 0.05) is 6.04 Å². The van der Waals surface area contributed by atoms with E-state index in [1.165, 1.54) is 11.1 Å². The lowest BCUT2D eigenvalue weighted by Crippen LogP contribution is -2.11. The normalized spacial score (nSPS) is 18.5. The topological polar surface area (TPSA) is 44.5 Å². The third-order valence-electron chi connectivity index (χ3n) is 3.04. The Bertz CT molecular complexity index is 376. The molecule has 3 heteroatoms. The Morgan fingerprint density at radius 3 is 2.94 bits per heavy atom. The van der Waals surface area contributed by atoms with Crippen molar-refractivity contribution in [3.05, 3.63) is 29.3 Å². The summed E-state index contributed by atoms with van der Waals surface area (Å²) in [6, 6.07) is 6.41. The molecular formula is C14H21NO2. The molecule has 3 nitrogen and oxygen atoms in total. The molecule has 0 bridgehead atoms. The lowest BCUT2D eigenvalue weighted by molar-refractivity contribution is 0.0552. The number of hydrogen-bond donors (Lipinski definition) is 1. The molecule has 0 radical (unpaired) electrons. The van der Waals surface area contributed by atoms with Gasteiger partial charge >= 0.3 is 0 Å². The summed E-state index contributed by atoms with van der Waals surface area (Å²) in [5.41, 5.74) is 8.60. The fourth-order valence-electron chi connectivity index (χ4n) is 2.16. The Balaban J connectivity index is 1.86. The maximum absolute atomic E-state index is 5.99. The van der Waals surface area contributed by atoms with Crippen LogP contribution in [0.15, 0.2) is 18.2 Å². The standard InChI is InChI=1S/C14H21NO2/c1-10(2)16-7-8-17-12-4-5-13-11(9-12)3-6-14(13)15/h4-5,9-10,14H,3,6-8,15H2,1-2H3. The first kappa shape index (κ1) is 12.4. The Hall–Kier alpha value is -1.06. The van der Waals surface area contributed by atoms with Crippen LogP contribution in [0.25, 0.3) is 0 Å². The van der Waals surface area contributed by atoms with Gasteiger partial charge < -0.3 is 15.2 Å². The van der Waals surface area contributed by atoms with Crippen LogP contribution >= 0.6 is 0 Å². The molecule has 1 atom stereocenters. The van der Waals surface area contributed by atoms with E-state index in [1.54, 1.807) is 0 Å². The minimum absolute atomic E-state index is 0.211. The minimum Gasteiger partial charge on any atom is -0.491 e. The second-order valence-corrected chi connectivity index (χ2v) is 4.77. The summed E-state index contributed by atoms with van der Waals surface area (Å²) in [5.74, 6) is 0.921. The third-order valence-corrected chi connectivity index (χ3v) is 3.04. The number of ether oxygens (including phenoxy) is 2. The zero-order valence-corrected chi connectivity index (χ0v) is 10.6. The summed E-state index contributed by atoms with van der Waals surface area (Å²) in [5, 5.41) is 0. The van der Waals surface area contributed by atoms with Crippen molar-refractivity contribution in [3.63, 3.8) is 0 Å². The van der Waals surface area contributed by atoms with Crippen LogP contribution in [0.2, 0.25) is 0 Å². The van der Waals surface area contributed by atoms with Crippen molar-refractivity contribution in [2.75, 3.05) is 13.2 Å². The number of aryl methyl sites for hydroxylation is 1. The SMILES string of the molecule is CC(C)OCCOc1ccc2c(c1)CCC2N. The van der Waals surface area contributed by atoms with Crippen molar-refractivity contribution in [1.82, 2.24) is 0 Å². The van der Waals surface area contributed by atoms with Gasteiger partial charge in [0.2, 0.25) is 0 Å². The van der Waals surface area contributed by atoms with E-state index in [4.69, 9.17) is 15.2 Å². The largest absolute Gasteiger partial charge is 0.491 e. The summed E-state index contributed by atoms with van der Waals surface area (Å²) in [7, 11) is 0. The quantitative estimate of drug-likeness (QED) is 0.797. The van der Waals surface area contributed by atoms with E-state index in [0.717, 1.165) is 18.6 Å². The molecule has 2 N–H and O–H groups in total. The third kappa shape index (κ3) is 3.20. The first-order chi connectivity index (χ1) is 8.16. The lowest BCUT2D eigenvalue weighted by atomic mass is 10.1. The molecule has 0 spiro atoms. The summed E-state index contributed by atoms with van der Waals surface area (Å²) in [6.07, 6.45) is 2.38. The van der Waals surface area contributed by atoms with Crippen molar-refractivity contribution in [2.24, 2.45) is 5.73 Å². The average molecular weight is 235 g/mol. The van der Waals surface area contributed by atoms with Gasteiger partial charge in [-0.15, -0.1) is 0 Å². The number of benzene rings is 1. The van der Waals surface area contributed by atoms with Gasteiger partial charge in [-0.25, -0.2) is 0 Å². The van der Waals surface area contributed by atoms with Crippen LogP contribution in [0.5, 0.6) is 5.75 Å². The van der Waals surface area contributed by atoms with Crippen molar-refractivity contribution in [3.8, 4) is 5.75 Å². The highest BCUT2D eigenvalue weighted by Gasteiger charge is 2.18. The van der Waals surface area contributed by atoms with Crippen molar-refractivity contribution >= 4 is 0 Å². The molecule has 1 aliphatic carbocycles. The monoisotopic (exact) mass is 235 g/mol. The van der Waals surface area contributed by atoms with E-state index in [9.17, 15) is 0 Å². The number of nitrogens with two attached hydrogens (primary N) is 1. The van der Waals surface area contributed by atoms with Gasteiger partial charge in [0.1, 0.15) is 12.4 Å². The van der Waals surface area contributed by atoms with Crippen LogP contribution in [0, 0.1) is 0 Å². The number of rotatable bonds is 5. The van der Waals surface area contributed by atoms with Crippen molar-refractivity contribution in [2.45, 2.75) is 38.8 Å². The van der Waals surface area contributed by atoms with Crippen LogP contribution in [-0.2, 0) is 11.2 Å². The molecule has 0 saturated heterocycles. The summed E-state index contributed by atoms with van der Waals surface area (Å²) in [4.78, 5) is 0. The van der Waals surface area contributed by atoms with Gasteiger partial charge in [-0.3, -0.25) is 0 Å². The van der Waals surface area contributed by atoms with Gasteiger partial charge in [0.05, 0.1) is 12.7 Å². The molecule has 17 heavy (non-hydrogen) atoms. The van der Waals surface area contributed by atoms with Crippen LogP contribution in [-0.4, -0.2) is 19.3 Å². The van der Waals surface area contributed by atoms with E-state index in [2.05, 4.69) is 12.1 Å². The predicted octanol–water partition coefficient (Wildman–Crippen LogP) is 2.44. The first-order valence-electron chi connectivity index (χ1n) is 6.29. The highest BCUT2D eigenvalue weighted by Crippen LogP contribution is 2.31. The van der Waals surface area contributed by atoms with Gasteiger partial charge in [-0.2, -0.15) is 0 Å². The molecule has 1 aromatic rings. The van der Waals surface area contributed by atoms with Gasteiger partial charge in [0.25, 0.3) is 0 Å². The fraction of sp³-hybridized carbons (Fsp3) is 0.571. The second kappa shape index (κ2) is 5.52. The van der Waals surface area contributed by atoms with E-state index >= 15 is 0 Å². The maximum atomic E-state index is 5.99. The molecular weight excluding hydrogens is 214 g/mol. The van der Waals surface area contributed by atoms with Crippen molar-refractivity contribution in [1.29, 1.82) is 0 Å². The summed E-state index contributed by atoms with van der Waals surface area (Å²) in [6.45, 7) is 5.28. The zero-order valence-electron chi connectivity index (χ0n) is 10.6. The average Bonchev–Trinajstić information content (AvgIpc) is 2.66. The highest BCUT2D eigenvalue weighted by atomic mass is 16.5. The second-order valence-electron chi connectivity index (χ2n) is 4.77. The predicted molar refractivity (Wildman–Crippen MR) is 68.3 cm³/mol. The Kier molecular flexibility index (Phi) is 4.02. The van der Waals surface area contributed by atoms with E-state index in [-0.39, 0.29) is 12.1 Å². The Morgan fingerprint density at radius 1 is 1.35 bits per heavy atom. The molecule has 1 aliphatic rings. The molecule has 0 saturated carbocycles. The fourth-order valence-corrected chi connectivity index (χ4v) is 2.16. The summed E-state index contributed by atoms with van der Waals surface area (Å²) >= 11 is 0. The van der Waals surface area contributed by atoms with Crippen molar-refractivity contribution < 1.29 is 9.47 Å². The number of fused-ring (bicyclic) bond motifs is 1. The molecule has 0 fully saturated rings. The van der Waals surface area contributed by atoms with E-state index in [1.807, 2.05) is 19.9 Å². The Morgan fingerprint density at radius 2 is 2.18 bits per heavy atom. The van der Waals surface area contributed by atoms with E-state index < -0.39 is 0 Å². The zero-order chi connectivity index (χ0) is 12.3.